The van der Waals surface area contributed by atoms with E-state index >= 15 is 0 Å². The minimum Gasteiger partial charge on any atom is -0.287 e. The van der Waals surface area contributed by atoms with Crippen molar-refractivity contribution in [2.45, 2.75) is 87.9 Å². The average molecular weight is 837 g/mol. The van der Waals surface area contributed by atoms with Crippen LogP contribution in [0.2, 0.25) is 0 Å². The molecule has 0 N–H and O–H groups in total. The number of benzene rings is 3. The van der Waals surface area contributed by atoms with E-state index in [0.717, 1.165) is 73.7 Å². The number of rotatable bonds is 9. The zero-order chi connectivity index (χ0) is 36.6. The molecule has 3 aromatic carbocycles. The lowest BCUT2D eigenvalue weighted by Crippen LogP contribution is -2.33. The summed E-state index contributed by atoms with van der Waals surface area (Å²) >= 11 is 6.68. The van der Waals surface area contributed by atoms with E-state index in [9.17, 15) is 9.59 Å². The second-order valence-corrected chi connectivity index (χ2v) is 17.6. The lowest BCUT2D eigenvalue weighted by molar-refractivity contribution is -0.111. The zero-order valence-electron chi connectivity index (χ0n) is 30.2. The van der Waals surface area contributed by atoms with Crippen molar-refractivity contribution in [2.24, 2.45) is 0 Å². The summed E-state index contributed by atoms with van der Waals surface area (Å²) in [6.45, 7) is 0. The maximum Gasteiger partial charge on any atom is 0.197 e. The molecule has 5 aliphatic carbocycles. The average Bonchev–Trinajstić information content (AvgIpc) is 3.63. The number of nitrogens with zero attached hydrogens (tertiary/aromatic N) is 2. The molecule has 0 bridgehead atoms. The maximum absolute atomic E-state index is 12.9. The van der Waals surface area contributed by atoms with Gasteiger partial charge >= 0.3 is 0 Å². The molecular weight excluding hydrogens is 796 g/mol. The van der Waals surface area contributed by atoms with E-state index in [-0.39, 0.29) is 9.39 Å². The van der Waals surface area contributed by atoms with Gasteiger partial charge in [-0.05, 0) is 164 Å². The standard InChI is InChI=1S/C48H40Br2N2O2/c49-41(53)21-23-47(35-19-17-29-9-1-5-13-33(29)43(35)45-37(47)27-31-11-3-7-15-39(31)51-45)25-26-48(24-22-42(50)54)36-20-18-30-10-2-6-14-34(30)44(36)46-38(48)28-32-12-4-8-16-40(32)52-46/h1-4,7,9-12,15,17-20,27-28H,5-6,8,13-14,16,21-26H2. The molecular formula is C48H40Br2N2O2. The van der Waals surface area contributed by atoms with Crippen molar-refractivity contribution in [1.82, 2.24) is 9.97 Å². The minimum absolute atomic E-state index is 0.0185. The molecule has 0 fully saturated rings. The highest BCUT2D eigenvalue weighted by Gasteiger charge is 2.51. The summed E-state index contributed by atoms with van der Waals surface area (Å²) in [4.78, 5) is 36.9. The molecule has 0 radical (unpaired) electrons. The first-order valence-electron chi connectivity index (χ1n) is 19.5. The Balaban J connectivity index is 1.22. The van der Waals surface area contributed by atoms with Gasteiger partial charge in [0.25, 0.3) is 0 Å². The fraction of sp³-hybridized carbons (Fsp3) is 0.292. The molecule has 10 rings (SSSR count). The van der Waals surface area contributed by atoms with Crippen LogP contribution in [0.15, 0.2) is 78.9 Å². The first-order valence-corrected chi connectivity index (χ1v) is 21.1. The number of allylic oxidation sites excluding steroid dienone is 3. The Bertz CT molecular complexity index is 2550. The Morgan fingerprint density at radius 3 is 1.72 bits per heavy atom. The largest absolute Gasteiger partial charge is 0.287 e. The second kappa shape index (κ2) is 13.2. The predicted molar refractivity (Wildman–Crippen MR) is 226 cm³/mol. The van der Waals surface area contributed by atoms with Gasteiger partial charge in [0.1, 0.15) is 0 Å². The molecule has 0 amide bonds. The Morgan fingerprint density at radius 2 is 1.11 bits per heavy atom. The SMILES string of the molecule is O=C(Br)CCC1(CCC2(CCC(=O)Br)c3cc4ccccc4nc3-c3c2ccc2c3CCC=C2)c2cc3c(nc2-c2c1ccc1c2CCC=C1)CCC=C3. The van der Waals surface area contributed by atoms with Crippen LogP contribution in [0, 0.1) is 0 Å². The Kier molecular flexibility index (Phi) is 8.37. The Labute approximate surface area is 333 Å². The third-order valence-corrected chi connectivity index (χ3v) is 13.9. The third kappa shape index (κ3) is 5.27. The van der Waals surface area contributed by atoms with Gasteiger partial charge in [-0.3, -0.25) is 14.6 Å². The van der Waals surface area contributed by atoms with Crippen LogP contribution in [0.5, 0.6) is 0 Å². The molecule has 2 heterocycles. The molecule has 2 unspecified atom stereocenters. The first-order chi connectivity index (χ1) is 26.4. The fourth-order valence-corrected chi connectivity index (χ4v) is 11.0. The van der Waals surface area contributed by atoms with Crippen LogP contribution in [0.3, 0.4) is 0 Å². The van der Waals surface area contributed by atoms with Gasteiger partial charge in [0.15, 0.2) is 9.39 Å². The number of fused-ring (bicyclic) bond motifs is 12. The Morgan fingerprint density at radius 1 is 0.574 bits per heavy atom. The van der Waals surface area contributed by atoms with Crippen molar-refractivity contribution < 1.29 is 9.59 Å². The predicted octanol–water partition coefficient (Wildman–Crippen LogP) is 11.9. The molecule has 0 saturated heterocycles. The second-order valence-electron chi connectivity index (χ2n) is 15.8. The molecule has 6 heteroatoms. The van der Waals surface area contributed by atoms with Gasteiger partial charge in [-0.2, -0.15) is 0 Å². The molecule has 4 nitrogen and oxygen atoms in total. The van der Waals surface area contributed by atoms with E-state index in [4.69, 9.17) is 9.97 Å². The molecule has 54 heavy (non-hydrogen) atoms. The number of halogens is 2. The molecule has 2 atom stereocenters. The number of carbonyl (C=O) groups excluding carboxylic acids is 2. The lowest BCUT2D eigenvalue weighted by atomic mass is 9.64. The first kappa shape index (κ1) is 34.2. The van der Waals surface area contributed by atoms with Crippen LogP contribution in [0.4, 0.5) is 0 Å². The van der Waals surface area contributed by atoms with E-state index in [1.807, 2.05) is 0 Å². The van der Waals surface area contributed by atoms with Gasteiger partial charge in [0.05, 0.1) is 16.9 Å². The summed E-state index contributed by atoms with van der Waals surface area (Å²) in [5.74, 6) is 0. The van der Waals surface area contributed by atoms with E-state index in [1.54, 1.807) is 0 Å². The normalized spacial score (nSPS) is 20.9. The molecule has 268 valence electrons. The summed E-state index contributed by atoms with van der Waals surface area (Å²) in [6, 6.07) is 22.5. The monoisotopic (exact) mass is 834 g/mol. The third-order valence-electron chi connectivity index (χ3n) is 13.1. The van der Waals surface area contributed by atoms with Crippen LogP contribution in [-0.2, 0) is 39.7 Å². The number of para-hydroxylation sites is 1. The molecule has 0 aliphatic heterocycles. The zero-order valence-corrected chi connectivity index (χ0v) is 33.4. The Hall–Kier alpha value is -4.26. The number of hydrogen-bond acceptors (Lipinski definition) is 4. The number of hydrogen-bond donors (Lipinski definition) is 0. The van der Waals surface area contributed by atoms with Crippen LogP contribution in [0.25, 0.3) is 51.6 Å². The summed E-state index contributed by atoms with van der Waals surface area (Å²) < 4.78 is 0.0417. The van der Waals surface area contributed by atoms with Crippen molar-refractivity contribution in [3.63, 3.8) is 0 Å². The summed E-state index contributed by atoms with van der Waals surface area (Å²) in [5, 5.41) is 1.12. The van der Waals surface area contributed by atoms with E-state index in [2.05, 4.69) is 129 Å². The van der Waals surface area contributed by atoms with Gasteiger partial charge in [-0.1, -0.05) is 78.9 Å². The van der Waals surface area contributed by atoms with E-state index < -0.39 is 10.8 Å². The van der Waals surface area contributed by atoms with Gasteiger partial charge in [0.2, 0.25) is 0 Å². The van der Waals surface area contributed by atoms with E-state index in [0.29, 0.717) is 25.7 Å². The minimum atomic E-state index is -0.464. The van der Waals surface area contributed by atoms with E-state index in [1.165, 1.54) is 66.9 Å². The van der Waals surface area contributed by atoms with Gasteiger partial charge in [-0.15, -0.1) is 0 Å². The fourth-order valence-electron chi connectivity index (χ4n) is 10.6. The van der Waals surface area contributed by atoms with Crippen LogP contribution in [-0.4, -0.2) is 19.4 Å². The van der Waals surface area contributed by atoms with Crippen LogP contribution < -0.4 is 0 Å². The summed E-state index contributed by atoms with van der Waals surface area (Å²) in [7, 11) is 0. The van der Waals surface area contributed by atoms with Gasteiger partial charge in [0, 0.05) is 45.9 Å². The topological polar surface area (TPSA) is 59.9 Å². The molecule has 0 saturated carbocycles. The maximum atomic E-state index is 12.9. The summed E-state index contributed by atoms with van der Waals surface area (Å²) in [5.41, 5.74) is 17.5. The van der Waals surface area contributed by atoms with Crippen molar-refractivity contribution in [1.29, 1.82) is 0 Å². The molecule has 2 aromatic heterocycles. The number of aryl methyl sites for hydroxylation is 1. The van der Waals surface area contributed by atoms with Crippen LogP contribution in [0.1, 0.15) is 114 Å². The van der Waals surface area contributed by atoms with Gasteiger partial charge < -0.3 is 0 Å². The molecule has 5 aromatic rings. The lowest BCUT2D eigenvalue weighted by Gasteiger charge is -2.39. The van der Waals surface area contributed by atoms with Crippen molar-refractivity contribution in [2.75, 3.05) is 0 Å². The number of pyridine rings is 2. The smallest absolute Gasteiger partial charge is 0.197 e. The number of carbonyl (C=O) groups is 2. The molecule has 5 aliphatic rings. The highest BCUT2D eigenvalue weighted by Crippen LogP contribution is 2.61. The highest BCUT2D eigenvalue weighted by atomic mass is 79.9. The number of aromatic nitrogens is 2. The van der Waals surface area contributed by atoms with Crippen molar-refractivity contribution in [3.8, 4) is 22.5 Å². The van der Waals surface area contributed by atoms with Crippen LogP contribution >= 0.6 is 31.9 Å². The quantitative estimate of drug-likeness (QED) is 0.139. The van der Waals surface area contributed by atoms with Crippen molar-refractivity contribution >= 4 is 70.4 Å². The summed E-state index contributed by atoms with van der Waals surface area (Å²) in [6.07, 6.45) is 23.2. The van der Waals surface area contributed by atoms with Crippen molar-refractivity contribution in [3.05, 3.63) is 135 Å². The highest BCUT2D eigenvalue weighted by molar-refractivity contribution is 9.18. The van der Waals surface area contributed by atoms with Gasteiger partial charge in [-0.25, -0.2) is 4.98 Å². The molecule has 0 spiro atoms.